The summed E-state index contributed by atoms with van der Waals surface area (Å²) in [5.74, 6) is -0.150. The lowest BCUT2D eigenvalue weighted by atomic mass is 10.0. The molecule has 1 atom stereocenters. The minimum absolute atomic E-state index is 0.0391. The van der Waals surface area contributed by atoms with Crippen LogP contribution in [0.25, 0.3) is 0 Å². The zero-order valence-corrected chi connectivity index (χ0v) is 29.8. The average Bonchev–Trinajstić information content (AvgIpc) is 3.60. The van der Waals surface area contributed by atoms with Crippen LogP contribution < -0.4 is 14.4 Å². The van der Waals surface area contributed by atoms with Gasteiger partial charge in [0.05, 0.1) is 17.2 Å². The first kappa shape index (κ1) is 35.2. The Hall–Kier alpha value is -4.15. The topological polar surface area (TPSA) is 96.0 Å². The average molecular weight is 733 g/mol. The van der Waals surface area contributed by atoms with Crippen molar-refractivity contribution in [3.8, 4) is 5.75 Å². The van der Waals surface area contributed by atoms with E-state index in [0.717, 1.165) is 51.2 Å². The van der Waals surface area contributed by atoms with Gasteiger partial charge in [0.25, 0.3) is 10.0 Å². The third-order valence-corrected chi connectivity index (χ3v) is 10.9. The number of anilines is 1. The van der Waals surface area contributed by atoms with E-state index in [-0.39, 0.29) is 29.8 Å². The number of hydrogen-bond donors (Lipinski definition) is 1. The van der Waals surface area contributed by atoms with E-state index in [0.29, 0.717) is 18.0 Å². The molecule has 48 heavy (non-hydrogen) atoms. The van der Waals surface area contributed by atoms with Crippen LogP contribution in [0.15, 0.2) is 112 Å². The first-order valence-corrected chi connectivity index (χ1v) is 18.6. The first-order chi connectivity index (χ1) is 23.1. The minimum atomic E-state index is -4.20. The molecule has 2 amide bonds. The standard InChI is InChI=1S/C38H42BrN3O5S/c1-3-47-34-21-19-33(20-22-34)42(48(45,46)35-23-17-31(39)18-24-35)27-37(43)41(26-30-15-13-28(2)14-16-30)36(25-29-9-5-4-6-10-29)38(44)40-32-11-7-8-12-32/h4-6,9-10,13-24,32,36H,3,7-8,11-12,25-27H2,1-2H3,(H,40,44)/t36-/m0/s1. The first-order valence-electron chi connectivity index (χ1n) is 16.3. The van der Waals surface area contributed by atoms with Gasteiger partial charge in [-0.1, -0.05) is 88.9 Å². The molecular formula is C38H42BrN3O5S. The van der Waals surface area contributed by atoms with Crippen LogP contribution in [0, 0.1) is 6.92 Å². The number of carbonyl (C=O) groups is 2. The van der Waals surface area contributed by atoms with Gasteiger partial charge in [0.2, 0.25) is 11.8 Å². The minimum Gasteiger partial charge on any atom is -0.494 e. The van der Waals surface area contributed by atoms with Gasteiger partial charge in [-0.05, 0) is 86.3 Å². The number of rotatable bonds is 14. The monoisotopic (exact) mass is 731 g/mol. The highest BCUT2D eigenvalue weighted by molar-refractivity contribution is 9.10. The second kappa shape index (κ2) is 16.3. The molecule has 4 aromatic carbocycles. The number of hydrogen-bond acceptors (Lipinski definition) is 5. The summed E-state index contributed by atoms with van der Waals surface area (Å²) in [6.45, 7) is 3.93. The van der Waals surface area contributed by atoms with E-state index in [2.05, 4.69) is 21.2 Å². The van der Waals surface area contributed by atoms with Crippen LogP contribution in [0.2, 0.25) is 0 Å². The third kappa shape index (κ3) is 9.05. The number of ether oxygens (including phenoxy) is 1. The lowest BCUT2D eigenvalue weighted by molar-refractivity contribution is -0.140. The number of nitrogens with zero attached hydrogens (tertiary/aromatic N) is 2. The number of halogens is 1. The van der Waals surface area contributed by atoms with Gasteiger partial charge in [-0.3, -0.25) is 13.9 Å². The largest absolute Gasteiger partial charge is 0.494 e. The van der Waals surface area contributed by atoms with Gasteiger partial charge in [0.15, 0.2) is 0 Å². The van der Waals surface area contributed by atoms with Gasteiger partial charge in [-0.15, -0.1) is 0 Å². The fraction of sp³-hybridized carbons (Fsp3) is 0.316. The molecule has 0 unspecified atom stereocenters. The van der Waals surface area contributed by atoms with Crippen LogP contribution in [-0.2, 0) is 32.6 Å². The summed E-state index contributed by atoms with van der Waals surface area (Å²) in [6, 6.07) is 29.5. The Morgan fingerprint density at radius 2 is 1.52 bits per heavy atom. The van der Waals surface area contributed by atoms with E-state index in [1.165, 1.54) is 12.1 Å². The highest BCUT2D eigenvalue weighted by Crippen LogP contribution is 2.28. The highest BCUT2D eigenvalue weighted by atomic mass is 79.9. The van der Waals surface area contributed by atoms with Crippen molar-refractivity contribution >= 4 is 43.5 Å². The molecule has 252 valence electrons. The van der Waals surface area contributed by atoms with Gasteiger partial charge >= 0.3 is 0 Å². The predicted molar refractivity (Wildman–Crippen MR) is 192 cm³/mol. The zero-order chi connectivity index (χ0) is 34.1. The van der Waals surface area contributed by atoms with Crippen molar-refractivity contribution in [3.05, 3.63) is 124 Å². The number of sulfonamides is 1. The fourth-order valence-electron chi connectivity index (χ4n) is 5.95. The van der Waals surface area contributed by atoms with Gasteiger partial charge in [0.1, 0.15) is 18.3 Å². The van der Waals surface area contributed by atoms with Crippen molar-refractivity contribution in [2.45, 2.75) is 69.5 Å². The molecule has 10 heteroatoms. The zero-order valence-electron chi connectivity index (χ0n) is 27.3. The van der Waals surface area contributed by atoms with Crippen molar-refractivity contribution < 1.29 is 22.7 Å². The fourth-order valence-corrected chi connectivity index (χ4v) is 7.63. The number of benzene rings is 4. The van der Waals surface area contributed by atoms with Gasteiger partial charge in [-0.2, -0.15) is 0 Å². The molecule has 1 N–H and O–H groups in total. The Morgan fingerprint density at radius 1 is 0.875 bits per heavy atom. The second-order valence-electron chi connectivity index (χ2n) is 12.1. The van der Waals surface area contributed by atoms with Gasteiger partial charge < -0.3 is 15.0 Å². The number of aryl methyl sites for hydroxylation is 1. The van der Waals surface area contributed by atoms with E-state index in [1.807, 2.05) is 68.4 Å². The highest BCUT2D eigenvalue weighted by Gasteiger charge is 2.35. The van der Waals surface area contributed by atoms with Gasteiger partial charge in [0, 0.05) is 23.5 Å². The number of amides is 2. The lowest BCUT2D eigenvalue weighted by Gasteiger charge is -2.34. The molecular weight excluding hydrogens is 690 g/mol. The Bertz CT molecular complexity index is 1760. The maximum Gasteiger partial charge on any atom is 0.264 e. The van der Waals surface area contributed by atoms with E-state index in [1.54, 1.807) is 41.3 Å². The predicted octanol–water partition coefficient (Wildman–Crippen LogP) is 7.05. The quantitative estimate of drug-likeness (QED) is 0.150. The molecule has 0 radical (unpaired) electrons. The normalized spacial score (nSPS) is 13.9. The van der Waals surface area contributed by atoms with E-state index in [9.17, 15) is 18.0 Å². The van der Waals surface area contributed by atoms with E-state index >= 15 is 0 Å². The second-order valence-corrected chi connectivity index (χ2v) is 14.9. The van der Waals surface area contributed by atoms with Crippen LogP contribution in [0.4, 0.5) is 5.69 Å². The summed E-state index contributed by atoms with van der Waals surface area (Å²) in [4.78, 5) is 30.4. The lowest BCUT2D eigenvalue weighted by Crippen LogP contribution is -2.54. The van der Waals surface area contributed by atoms with Crippen molar-refractivity contribution in [2.24, 2.45) is 0 Å². The Kier molecular flexibility index (Phi) is 11.9. The molecule has 1 saturated carbocycles. The SMILES string of the molecule is CCOc1ccc(N(CC(=O)N(Cc2ccc(C)cc2)[C@@H](Cc2ccccc2)C(=O)NC2CCCC2)S(=O)(=O)c2ccc(Br)cc2)cc1. The Balaban J connectivity index is 1.56. The summed E-state index contributed by atoms with van der Waals surface area (Å²) in [7, 11) is -4.20. The molecule has 1 fully saturated rings. The van der Waals surface area contributed by atoms with Crippen LogP contribution in [0.5, 0.6) is 5.75 Å². The van der Waals surface area contributed by atoms with Crippen LogP contribution in [0.3, 0.4) is 0 Å². The summed E-state index contributed by atoms with van der Waals surface area (Å²) < 4.78 is 36.0. The molecule has 1 aliphatic carbocycles. The van der Waals surface area contributed by atoms with Crippen molar-refractivity contribution in [3.63, 3.8) is 0 Å². The van der Waals surface area contributed by atoms with Crippen molar-refractivity contribution in [2.75, 3.05) is 17.5 Å². The summed E-state index contributed by atoms with van der Waals surface area (Å²) >= 11 is 3.38. The molecule has 0 aromatic heterocycles. The van der Waals surface area contributed by atoms with Gasteiger partial charge in [-0.25, -0.2) is 8.42 Å². The van der Waals surface area contributed by atoms with E-state index in [4.69, 9.17) is 4.74 Å². The summed E-state index contributed by atoms with van der Waals surface area (Å²) in [5, 5.41) is 3.21. The third-order valence-electron chi connectivity index (χ3n) is 8.56. The smallest absolute Gasteiger partial charge is 0.264 e. The maximum absolute atomic E-state index is 14.7. The molecule has 0 saturated heterocycles. The molecule has 0 spiro atoms. The number of carbonyl (C=O) groups excluding carboxylic acids is 2. The molecule has 0 bridgehead atoms. The van der Waals surface area contributed by atoms with Crippen LogP contribution >= 0.6 is 15.9 Å². The summed E-state index contributed by atoms with van der Waals surface area (Å²) in [5.41, 5.74) is 3.11. The number of nitrogens with one attached hydrogen (secondary N) is 1. The van der Waals surface area contributed by atoms with Crippen LogP contribution in [-0.4, -0.2) is 50.4 Å². The van der Waals surface area contributed by atoms with Crippen LogP contribution in [0.1, 0.15) is 49.3 Å². The Labute approximate surface area is 292 Å². The van der Waals surface area contributed by atoms with Crippen molar-refractivity contribution in [1.29, 1.82) is 0 Å². The Morgan fingerprint density at radius 3 is 2.15 bits per heavy atom. The molecule has 8 nitrogen and oxygen atoms in total. The molecule has 5 rings (SSSR count). The molecule has 1 aliphatic rings. The summed E-state index contributed by atoms with van der Waals surface area (Å²) in [6.07, 6.45) is 4.16. The van der Waals surface area contributed by atoms with Crippen molar-refractivity contribution in [1.82, 2.24) is 10.2 Å². The molecule has 4 aromatic rings. The maximum atomic E-state index is 14.7. The molecule has 0 heterocycles. The van der Waals surface area contributed by atoms with E-state index < -0.39 is 28.5 Å². The molecule has 0 aliphatic heterocycles.